The van der Waals surface area contributed by atoms with E-state index < -0.39 is 0 Å². The Morgan fingerprint density at radius 2 is 1.90 bits per heavy atom. The number of aryl methyl sites for hydroxylation is 3. The molecule has 0 unspecified atom stereocenters. The molecular formula is C15H20N4S. The highest BCUT2D eigenvalue weighted by Gasteiger charge is 2.07. The van der Waals surface area contributed by atoms with Gasteiger partial charge in [-0.3, -0.25) is 4.68 Å². The zero-order valence-corrected chi connectivity index (χ0v) is 12.9. The highest BCUT2D eigenvalue weighted by Crippen LogP contribution is 2.17. The number of nitrogens with one attached hydrogen (secondary N) is 2. The minimum atomic E-state index is 0.588. The molecule has 2 aromatic rings. The van der Waals surface area contributed by atoms with Crippen LogP contribution in [0.5, 0.6) is 0 Å². The van der Waals surface area contributed by atoms with Gasteiger partial charge in [-0.1, -0.05) is 25.1 Å². The Morgan fingerprint density at radius 3 is 2.55 bits per heavy atom. The van der Waals surface area contributed by atoms with E-state index in [4.69, 9.17) is 12.2 Å². The third-order valence-electron chi connectivity index (χ3n) is 3.17. The van der Waals surface area contributed by atoms with E-state index in [2.05, 4.69) is 35.6 Å². The maximum atomic E-state index is 5.37. The fraction of sp³-hybridized carbons (Fsp3) is 0.333. The van der Waals surface area contributed by atoms with E-state index in [0.717, 1.165) is 30.0 Å². The molecule has 1 aromatic heterocycles. The summed E-state index contributed by atoms with van der Waals surface area (Å²) in [6.45, 7) is 7.01. The molecule has 0 radical (unpaired) electrons. The minimum Gasteiger partial charge on any atom is -0.332 e. The third-order valence-corrected chi connectivity index (χ3v) is 3.37. The van der Waals surface area contributed by atoms with Crippen LogP contribution >= 0.6 is 12.2 Å². The monoisotopic (exact) mass is 288 g/mol. The van der Waals surface area contributed by atoms with Crippen LogP contribution in [-0.2, 0) is 13.0 Å². The van der Waals surface area contributed by atoms with Crippen molar-refractivity contribution in [3.05, 3.63) is 41.7 Å². The molecule has 5 heteroatoms. The first-order chi connectivity index (χ1) is 9.63. The molecule has 0 atom stereocenters. The Morgan fingerprint density at radius 1 is 1.20 bits per heavy atom. The van der Waals surface area contributed by atoms with Gasteiger partial charge in [0.2, 0.25) is 0 Å². The van der Waals surface area contributed by atoms with Crippen LogP contribution in [0, 0.1) is 6.92 Å². The molecule has 0 aliphatic carbocycles. The first kappa shape index (κ1) is 14.5. The van der Waals surface area contributed by atoms with Gasteiger partial charge in [-0.05, 0) is 44.1 Å². The number of rotatable bonds is 4. The molecule has 2 rings (SSSR count). The zero-order chi connectivity index (χ0) is 14.5. The Balaban J connectivity index is 2.07. The number of nitrogens with zero attached hydrogens (tertiary/aromatic N) is 2. The summed E-state index contributed by atoms with van der Waals surface area (Å²) in [6, 6.07) is 8.18. The van der Waals surface area contributed by atoms with Crippen LogP contribution in [0.4, 0.5) is 11.4 Å². The lowest BCUT2D eigenvalue weighted by Gasteiger charge is -2.12. The molecule has 106 valence electrons. The lowest BCUT2D eigenvalue weighted by atomic mass is 10.1. The van der Waals surface area contributed by atoms with E-state index in [0.29, 0.717) is 5.11 Å². The van der Waals surface area contributed by atoms with Gasteiger partial charge in [-0.2, -0.15) is 5.10 Å². The molecule has 0 aliphatic heterocycles. The average molecular weight is 288 g/mol. The predicted molar refractivity (Wildman–Crippen MR) is 88.3 cm³/mol. The Bertz CT molecular complexity index is 604. The fourth-order valence-electron chi connectivity index (χ4n) is 2.03. The van der Waals surface area contributed by atoms with Crippen LogP contribution in [-0.4, -0.2) is 14.9 Å². The number of aromatic nitrogens is 2. The number of hydrogen-bond donors (Lipinski definition) is 2. The van der Waals surface area contributed by atoms with Gasteiger partial charge in [-0.15, -0.1) is 0 Å². The summed E-state index contributed by atoms with van der Waals surface area (Å²) in [6.07, 6.45) is 2.94. The molecule has 1 heterocycles. The fourth-order valence-corrected chi connectivity index (χ4v) is 2.25. The summed E-state index contributed by atoms with van der Waals surface area (Å²) in [4.78, 5) is 0. The maximum absolute atomic E-state index is 5.37. The van der Waals surface area contributed by atoms with E-state index >= 15 is 0 Å². The smallest absolute Gasteiger partial charge is 0.175 e. The van der Waals surface area contributed by atoms with Gasteiger partial charge in [0.05, 0.1) is 11.4 Å². The highest BCUT2D eigenvalue weighted by atomic mass is 32.1. The van der Waals surface area contributed by atoms with Crippen LogP contribution in [0.15, 0.2) is 30.5 Å². The molecule has 0 aliphatic rings. The van der Waals surface area contributed by atoms with Gasteiger partial charge >= 0.3 is 0 Å². The SMILES string of the molecule is CCc1ccccc1NC(=S)Nc1cn(CC)nc1C. The molecule has 2 N–H and O–H groups in total. The number of thiocarbonyl (C=S) groups is 1. The second-order valence-electron chi connectivity index (χ2n) is 4.57. The number of anilines is 2. The Labute approximate surface area is 125 Å². The molecule has 0 spiro atoms. The van der Waals surface area contributed by atoms with Crippen molar-refractivity contribution in [1.29, 1.82) is 0 Å². The Kier molecular flexibility index (Phi) is 4.74. The summed E-state index contributed by atoms with van der Waals surface area (Å²) < 4.78 is 1.89. The van der Waals surface area contributed by atoms with Crippen molar-refractivity contribution in [2.24, 2.45) is 0 Å². The summed E-state index contributed by atoms with van der Waals surface area (Å²) in [5.74, 6) is 0. The van der Waals surface area contributed by atoms with Crippen LogP contribution in [0.25, 0.3) is 0 Å². The van der Waals surface area contributed by atoms with Crippen molar-refractivity contribution in [2.45, 2.75) is 33.7 Å². The summed E-state index contributed by atoms with van der Waals surface area (Å²) in [7, 11) is 0. The van der Waals surface area contributed by atoms with E-state index in [1.165, 1.54) is 5.56 Å². The van der Waals surface area contributed by atoms with E-state index in [9.17, 15) is 0 Å². The first-order valence-electron chi connectivity index (χ1n) is 6.84. The largest absolute Gasteiger partial charge is 0.332 e. The normalized spacial score (nSPS) is 10.3. The molecule has 20 heavy (non-hydrogen) atoms. The molecule has 0 saturated carbocycles. The van der Waals surface area contributed by atoms with Gasteiger partial charge < -0.3 is 10.6 Å². The molecule has 0 amide bonds. The van der Waals surface area contributed by atoms with Gasteiger partial charge in [0, 0.05) is 18.4 Å². The van der Waals surface area contributed by atoms with Crippen molar-refractivity contribution < 1.29 is 0 Å². The number of hydrogen-bond acceptors (Lipinski definition) is 2. The quantitative estimate of drug-likeness (QED) is 0.844. The van der Waals surface area contributed by atoms with Gasteiger partial charge in [-0.25, -0.2) is 0 Å². The third kappa shape index (κ3) is 3.36. The second-order valence-corrected chi connectivity index (χ2v) is 4.98. The summed E-state index contributed by atoms with van der Waals surface area (Å²) in [5.41, 5.74) is 4.18. The molecule has 0 fully saturated rings. The summed E-state index contributed by atoms with van der Waals surface area (Å²) in [5, 5.41) is 11.4. The van der Waals surface area contributed by atoms with Crippen LogP contribution in [0.1, 0.15) is 25.1 Å². The number of para-hydroxylation sites is 1. The van der Waals surface area contributed by atoms with Gasteiger partial charge in [0.1, 0.15) is 0 Å². The van der Waals surface area contributed by atoms with Crippen LogP contribution < -0.4 is 10.6 Å². The molecule has 1 aromatic carbocycles. The van der Waals surface area contributed by atoms with Crippen molar-refractivity contribution in [2.75, 3.05) is 10.6 Å². The van der Waals surface area contributed by atoms with E-state index in [1.807, 2.05) is 36.0 Å². The van der Waals surface area contributed by atoms with Crippen molar-refractivity contribution >= 4 is 28.7 Å². The van der Waals surface area contributed by atoms with Gasteiger partial charge in [0.15, 0.2) is 5.11 Å². The molecule has 4 nitrogen and oxygen atoms in total. The second kappa shape index (κ2) is 6.52. The topological polar surface area (TPSA) is 41.9 Å². The van der Waals surface area contributed by atoms with Gasteiger partial charge in [0.25, 0.3) is 0 Å². The lowest BCUT2D eigenvalue weighted by molar-refractivity contribution is 0.653. The minimum absolute atomic E-state index is 0.588. The van der Waals surface area contributed by atoms with Crippen LogP contribution in [0.2, 0.25) is 0 Å². The number of benzene rings is 1. The molecule has 0 saturated heterocycles. The van der Waals surface area contributed by atoms with Crippen molar-refractivity contribution in [1.82, 2.24) is 9.78 Å². The van der Waals surface area contributed by atoms with E-state index in [1.54, 1.807) is 0 Å². The molecular weight excluding hydrogens is 268 g/mol. The average Bonchev–Trinajstić information content (AvgIpc) is 2.80. The Hall–Kier alpha value is -1.88. The first-order valence-corrected chi connectivity index (χ1v) is 7.24. The van der Waals surface area contributed by atoms with Crippen molar-refractivity contribution in [3.63, 3.8) is 0 Å². The standard InChI is InChI=1S/C15H20N4S/c1-4-12-8-6-7-9-13(12)16-15(20)17-14-10-19(5-2)18-11(14)3/h6-10H,4-5H2,1-3H3,(H2,16,17,20). The summed E-state index contributed by atoms with van der Waals surface area (Å²) >= 11 is 5.37. The zero-order valence-electron chi connectivity index (χ0n) is 12.1. The lowest BCUT2D eigenvalue weighted by Crippen LogP contribution is -2.20. The van der Waals surface area contributed by atoms with Crippen molar-refractivity contribution in [3.8, 4) is 0 Å². The predicted octanol–water partition coefficient (Wildman–Crippen LogP) is 3.58. The van der Waals surface area contributed by atoms with Crippen LogP contribution in [0.3, 0.4) is 0 Å². The van der Waals surface area contributed by atoms with E-state index in [-0.39, 0.29) is 0 Å². The highest BCUT2D eigenvalue weighted by molar-refractivity contribution is 7.80. The molecule has 0 bridgehead atoms. The maximum Gasteiger partial charge on any atom is 0.175 e.